The van der Waals surface area contributed by atoms with Gasteiger partial charge < -0.3 is 5.11 Å². The molecule has 0 saturated carbocycles. The molecule has 0 amide bonds. The van der Waals surface area contributed by atoms with Crippen molar-refractivity contribution >= 4 is 0 Å². The van der Waals surface area contributed by atoms with E-state index in [2.05, 4.69) is 15.0 Å². The summed E-state index contributed by atoms with van der Waals surface area (Å²) < 4.78 is 1.78. The molecule has 1 aromatic heterocycles. The first-order valence-corrected chi connectivity index (χ1v) is 4.99. The third-order valence-electron chi connectivity index (χ3n) is 2.65. The van der Waals surface area contributed by atoms with Gasteiger partial charge in [0.1, 0.15) is 12.2 Å². The van der Waals surface area contributed by atoms with Crippen LogP contribution in [0.15, 0.2) is 6.33 Å². The van der Waals surface area contributed by atoms with Crippen LogP contribution in [-0.2, 0) is 13.6 Å². The van der Waals surface area contributed by atoms with E-state index in [0.717, 1.165) is 38.3 Å². The van der Waals surface area contributed by atoms with Crippen LogP contribution in [0.1, 0.15) is 18.7 Å². The summed E-state index contributed by atoms with van der Waals surface area (Å²) in [5, 5.41) is 13.5. The number of piperidine rings is 1. The number of rotatable bonds is 2. The summed E-state index contributed by atoms with van der Waals surface area (Å²) in [4.78, 5) is 6.38. The fourth-order valence-electron chi connectivity index (χ4n) is 1.84. The van der Waals surface area contributed by atoms with E-state index in [4.69, 9.17) is 0 Å². The van der Waals surface area contributed by atoms with Crippen molar-refractivity contribution in [1.29, 1.82) is 0 Å². The highest BCUT2D eigenvalue weighted by molar-refractivity contribution is 4.85. The maximum Gasteiger partial charge on any atom is 0.140 e. The number of aromatic nitrogens is 3. The van der Waals surface area contributed by atoms with E-state index < -0.39 is 0 Å². The Kier molecular flexibility index (Phi) is 2.79. The summed E-state index contributed by atoms with van der Waals surface area (Å²) in [6.07, 6.45) is 3.39. The second-order valence-corrected chi connectivity index (χ2v) is 3.83. The molecule has 0 bridgehead atoms. The molecule has 1 N–H and O–H groups in total. The van der Waals surface area contributed by atoms with Crippen LogP contribution in [0.4, 0.5) is 0 Å². The van der Waals surface area contributed by atoms with Crippen LogP contribution in [0.2, 0.25) is 0 Å². The maximum atomic E-state index is 9.49. The highest BCUT2D eigenvalue weighted by Crippen LogP contribution is 2.11. The molecule has 2 rings (SSSR count). The van der Waals surface area contributed by atoms with Crippen LogP contribution in [0.25, 0.3) is 0 Å². The van der Waals surface area contributed by atoms with E-state index in [9.17, 15) is 5.11 Å². The molecule has 78 valence electrons. The van der Waals surface area contributed by atoms with Gasteiger partial charge in [0.2, 0.25) is 0 Å². The predicted molar refractivity (Wildman–Crippen MR) is 51.5 cm³/mol. The van der Waals surface area contributed by atoms with Crippen molar-refractivity contribution in [3.05, 3.63) is 12.2 Å². The molecule has 5 nitrogen and oxygen atoms in total. The third-order valence-corrected chi connectivity index (χ3v) is 2.65. The molecule has 0 radical (unpaired) electrons. The number of hydrogen-bond acceptors (Lipinski definition) is 4. The van der Waals surface area contributed by atoms with Crippen molar-refractivity contribution in [2.24, 2.45) is 7.05 Å². The van der Waals surface area contributed by atoms with E-state index in [0.29, 0.717) is 0 Å². The van der Waals surface area contributed by atoms with Crippen LogP contribution in [0.5, 0.6) is 0 Å². The van der Waals surface area contributed by atoms with Crippen LogP contribution >= 0.6 is 0 Å². The largest absolute Gasteiger partial charge is 0.392 e. The number of aliphatic hydroxyl groups is 1. The number of aryl methyl sites for hydroxylation is 1. The van der Waals surface area contributed by atoms with Crippen molar-refractivity contribution in [1.82, 2.24) is 19.7 Å². The molecule has 1 aliphatic heterocycles. The lowest BCUT2D eigenvalue weighted by Crippen LogP contribution is -2.38. The molecular weight excluding hydrogens is 180 g/mol. The van der Waals surface area contributed by atoms with E-state index >= 15 is 0 Å². The average molecular weight is 196 g/mol. The molecule has 1 saturated heterocycles. The van der Waals surface area contributed by atoms with Crippen molar-refractivity contribution in [3.63, 3.8) is 0 Å². The van der Waals surface area contributed by atoms with Gasteiger partial charge >= 0.3 is 0 Å². The fourth-order valence-corrected chi connectivity index (χ4v) is 1.84. The van der Waals surface area contributed by atoms with Gasteiger partial charge in [-0.15, -0.1) is 0 Å². The molecule has 1 aromatic rings. The lowest BCUT2D eigenvalue weighted by atomic mass is 10.1. The highest BCUT2D eigenvalue weighted by Gasteiger charge is 2.18. The van der Waals surface area contributed by atoms with Crippen LogP contribution < -0.4 is 0 Å². The number of aliphatic hydroxyl groups excluding tert-OH is 1. The van der Waals surface area contributed by atoms with E-state index in [1.165, 1.54) is 0 Å². The smallest absolute Gasteiger partial charge is 0.140 e. The van der Waals surface area contributed by atoms with Gasteiger partial charge in [-0.3, -0.25) is 9.58 Å². The topological polar surface area (TPSA) is 54.2 Å². The summed E-state index contributed by atoms with van der Waals surface area (Å²) in [6, 6.07) is 0. The standard InChI is InChI=1S/C9H16N4O/c1-12-9(10-7-11-12)6-13-4-2-3-8(14)5-13/h7-8,14H,2-6H2,1H3. The lowest BCUT2D eigenvalue weighted by molar-refractivity contribution is 0.0649. The minimum Gasteiger partial charge on any atom is -0.392 e. The first-order valence-electron chi connectivity index (χ1n) is 4.99. The minimum absolute atomic E-state index is 0.169. The van der Waals surface area contributed by atoms with Gasteiger partial charge in [0, 0.05) is 13.6 Å². The summed E-state index contributed by atoms with van der Waals surface area (Å²) >= 11 is 0. The molecular formula is C9H16N4O. The highest BCUT2D eigenvalue weighted by atomic mass is 16.3. The number of β-amino-alcohol motifs (C(OH)–C–C–N with tert-alkyl or cyclic N) is 1. The molecule has 2 heterocycles. The van der Waals surface area contributed by atoms with Gasteiger partial charge in [0.25, 0.3) is 0 Å². The molecule has 0 aliphatic carbocycles. The molecule has 1 unspecified atom stereocenters. The second kappa shape index (κ2) is 4.06. The van der Waals surface area contributed by atoms with Gasteiger partial charge in [0.15, 0.2) is 0 Å². The van der Waals surface area contributed by atoms with Crippen LogP contribution in [0, 0.1) is 0 Å². The zero-order valence-electron chi connectivity index (χ0n) is 8.43. The van der Waals surface area contributed by atoms with Crippen molar-refractivity contribution in [3.8, 4) is 0 Å². The third kappa shape index (κ3) is 2.10. The van der Waals surface area contributed by atoms with Crippen LogP contribution in [-0.4, -0.2) is 44.0 Å². The normalized spacial score (nSPS) is 24.0. The number of nitrogens with zero attached hydrogens (tertiary/aromatic N) is 4. The van der Waals surface area contributed by atoms with Crippen LogP contribution in [0.3, 0.4) is 0 Å². The molecule has 0 spiro atoms. The Balaban J connectivity index is 1.94. The zero-order chi connectivity index (χ0) is 9.97. The monoisotopic (exact) mass is 196 g/mol. The predicted octanol–water partition coefficient (Wildman–Crippen LogP) is -0.228. The SMILES string of the molecule is Cn1ncnc1CN1CCCC(O)C1. The summed E-state index contributed by atoms with van der Waals surface area (Å²) in [7, 11) is 1.89. The zero-order valence-corrected chi connectivity index (χ0v) is 8.43. The van der Waals surface area contributed by atoms with Gasteiger partial charge in [-0.2, -0.15) is 5.10 Å². The molecule has 0 aromatic carbocycles. The summed E-state index contributed by atoms with van der Waals surface area (Å²) in [6.45, 7) is 2.59. The van der Waals surface area contributed by atoms with Gasteiger partial charge in [-0.05, 0) is 19.4 Å². The first kappa shape index (κ1) is 9.61. The van der Waals surface area contributed by atoms with Gasteiger partial charge in [-0.1, -0.05) is 0 Å². The Bertz CT molecular complexity index is 299. The molecule has 1 aliphatic rings. The Labute approximate surface area is 83.4 Å². The average Bonchev–Trinajstić information content (AvgIpc) is 2.52. The molecule has 1 fully saturated rings. The van der Waals surface area contributed by atoms with Crippen molar-refractivity contribution in [2.45, 2.75) is 25.5 Å². The van der Waals surface area contributed by atoms with Gasteiger partial charge in [-0.25, -0.2) is 4.98 Å². The number of hydrogen-bond donors (Lipinski definition) is 1. The Morgan fingerprint density at radius 1 is 1.64 bits per heavy atom. The molecule has 1 atom stereocenters. The van der Waals surface area contributed by atoms with E-state index in [1.807, 2.05) is 7.05 Å². The Morgan fingerprint density at radius 3 is 3.14 bits per heavy atom. The van der Waals surface area contributed by atoms with Crippen molar-refractivity contribution in [2.75, 3.05) is 13.1 Å². The summed E-state index contributed by atoms with van der Waals surface area (Å²) in [5.41, 5.74) is 0. The second-order valence-electron chi connectivity index (χ2n) is 3.83. The van der Waals surface area contributed by atoms with E-state index in [-0.39, 0.29) is 6.10 Å². The molecule has 14 heavy (non-hydrogen) atoms. The lowest BCUT2D eigenvalue weighted by Gasteiger charge is -2.29. The maximum absolute atomic E-state index is 9.49. The summed E-state index contributed by atoms with van der Waals surface area (Å²) in [5.74, 6) is 0.958. The first-order chi connectivity index (χ1) is 6.75. The minimum atomic E-state index is -0.169. The quantitative estimate of drug-likeness (QED) is 0.710. The van der Waals surface area contributed by atoms with Crippen molar-refractivity contribution < 1.29 is 5.11 Å². The Hall–Kier alpha value is -0.940. The molecule has 5 heteroatoms. The Morgan fingerprint density at radius 2 is 2.50 bits per heavy atom. The van der Waals surface area contributed by atoms with E-state index in [1.54, 1.807) is 11.0 Å². The number of likely N-dealkylation sites (tertiary alicyclic amines) is 1. The fraction of sp³-hybridized carbons (Fsp3) is 0.778. The van der Waals surface area contributed by atoms with Gasteiger partial charge in [0.05, 0.1) is 12.6 Å².